The number of fused-ring (bicyclic) bond motifs is 8. The van der Waals surface area contributed by atoms with Crippen LogP contribution in [0.3, 0.4) is 0 Å². The zero-order valence-electron chi connectivity index (χ0n) is 55.4. The van der Waals surface area contributed by atoms with Crippen molar-refractivity contribution >= 4 is 128 Å². The molecule has 3 heterocycles. The van der Waals surface area contributed by atoms with Crippen molar-refractivity contribution in [2.24, 2.45) is 0 Å². The van der Waals surface area contributed by atoms with Gasteiger partial charge in [0.25, 0.3) is 0 Å². The van der Waals surface area contributed by atoms with Crippen molar-refractivity contribution in [1.29, 1.82) is 0 Å². The molecule has 0 atom stereocenters. The Balaban J connectivity index is 0.636. The van der Waals surface area contributed by atoms with E-state index in [1.807, 2.05) is 35.6 Å². The molecule has 0 radical (unpaired) electrons. The number of benzene rings is 16. The first-order valence-electron chi connectivity index (χ1n) is 34.6. The number of hydrogen-bond acceptors (Lipinski definition) is 6. The fourth-order valence-corrected chi connectivity index (χ4v) is 15.9. The fourth-order valence-electron chi connectivity index (χ4n) is 14.9. The minimum atomic E-state index is 0.895. The molecule has 0 spiro atoms. The van der Waals surface area contributed by atoms with Crippen LogP contribution in [0.5, 0.6) is 0 Å². The Labute approximate surface area is 595 Å². The Morgan fingerprint density at radius 2 is 0.471 bits per heavy atom. The highest BCUT2D eigenvalue weighted by molar-refractivity contribution is 7.18. The smallest absolute Gasteiger partial charge is 0.143 e. The molecule has 0 amide bonds. The molecule has 102 heavy (non-hydrogen) atoms. The molecule has 0 saturated heterocycles. The Morgan fingerprint density at radius 3 is 0.863 bits per heavy atom. The van der Waals surface area contributed by atoms with E-state index < -0.39 is 0 Å². The SMILES string of the molecule is c1ccc(-c2ccc(-c3ccc(N(c4ccc(-c5ccc(N(c6ccc(-c7cccc8c7oc7ccccc78)cc6)c6cccc7ccccc67)cc5)cc4)c4ccc(-c5ccc(N(c6ccc(-c7cccc8c7oc7ccccc78)cc6)c6cccc7ccccc67)cc5)cc4)cc3)s2)cc1. The van der Waals surface area contributed by atoms with Crippen molar-refractivity contribution in [3.63, 3.8) is 0 Å². The lowest BCUT2D eigenvalue weighted by Gasteiger charge is -2.27. The summed E-state index contributed by atoms with van der Waals surface area (Å²) in [5.74, 6) is 0. The van der Waals surface area contributed by atoms with Crippen LogP contribution in [0.1, 0.15) is 0 Å². The molecule has 16 aromatic carbocycles. The largest absolute Gasteiger partial charge is 0.455 e. The molecule has 0 aliphatic rings. The topological polar surface area (TPSA) is 36.0 Å². The number of anilines is 9. The first-order chi connectivity index (χ1) is 50.5. The predicted octanol–water partition coefficient (Wildman–Crippen LogP) is 28.3. The van der Waals surface area contributed by atoms with Crippen LogP contribution in [0, 0.1) is 0 Å². The van der Waals surface area contributed by atoms with E-state index >= 15 is 0 Å². The maximum absolute atomic E-state index is 6.49. The Hall–Kier alpha value is -13.3. The van der Waals surface area contributed by atoms with Gasteiger partial charge in [-0.2, -0.15) is 0 Å². The van der Waals surface area contributed by atoms with E-state index in [4.69, 9.17) is 8.83 Å². The molecule has 0 saturated carbocycles. The highest BCUT2D eigenvalue weighted by atomic mass is 32.1. The van der Waals surface area contributed by atoms with E-state index in [2.05, 4.69) is 373 Å². The van der Waals surface area contributed by atoms with Crippen LogP contribution in [0.25, 0.3) is 131 Å². The third kappa shape index (κ3) is 10.9. The van der Waals surface area contributed by atoms with Crippen LogP contribution >= 0.6 is 11.3 Å². The van der Waals surface area contributed by atoms with Crippen LogP contribution in [-0.2, 0) is 0 Å². The standard InChI is InChI=1S/C96H63N3O2S/c1-2-18-72(19-3-1)93-62-63-94(102-93)73-46-60-76(61-47-73)97(74-48-34-64(35-49-74)66-38-52-77(53-39-66)98(89-30-12-20-68-16-4-6-22-81(68)89)79-56-42-70(43-57-79)83-26-14-28-87-85-24-8-10-32-91(85)100-95(83)87)75-50-36-65(37-51-75)67-40-54-78(55-41-67)99(90-31-13-21-69-17-5-7-23-82(69)90)80-58-44-71(45-59-80)84-27-15-29-88-86-25-9-11-33-92(86)101-96(84)88/h1-63H. The van der Waals surface area contributed by atoms with E-state index in [1.54, 1.807) is 0 Å². The summed E-state index contributed by atoms with van der Waals surface area (Å²) in [6, 6.07) is 138. The van der Waals surface area contributed by atoms with Gasteiger partial charge in [-0.25, -0.2) is 0 Å². The van der Waals surface area contributed by atoms with Gasteiger partial charge < -0.3 is 23.5 Å². The van der Waals surface area contributed by atoms with Gasteiger partial charge in [-0.15, -0.1) is 11.3 Å². The predicted molar refractivity (Wildman–Crippen MR) is 431 cm³/mol. The molecule has 0 unspecified atom stereocenters. The molecule has 6 heteroatoms. The third-order valence-electron chi connectivity index (χ3n) is 19.9. The van der Waals surface area contributed by atoms with Gasteiger partial charge in [-0.1, -0.05) is 261 Å². The summed E-state index contributed by atoms with van der Waals surface area (Å²) in [6.07, 6.45) is 0. The summed E-state index contributed by atoms with van der Waals surface area (Å²) in [5, 5.41) is 9.22. The molecule has 0 bridgehead atoms. The Bertz CT molecular complexity index is 5940. The van der Waals surface area contributed by atoms with Crippen molar-refractivity contribution in [2.75, 3.05) is 14.7 Å². The van der Waals surface area contributed by atoms with Crippen molar-refractivity contribution in [3.8, 4) is 65.4 Å². The zero-order valence-corrected chi connectivity index (χ0v) is 56.3. The zero-order chi connectivity index (χ0) is 67.5. The van der Waals surface area contributed by atoms with Crippen LogP contribution in [0.15, 0.2) is 391 Å². The van der Waals surface area contributed by atoms with Gasteiger partial charge in [-0.05, 0) is 177 Å². The van der Waals surface area contributed by atoms with E-state index in [0.717, 1.165) is 140 Å². The van der Waals surface area contributed by atoms with Crippen molar-refractivity contribution in [3.05, 3.63) is 382 Å². The summed E-state index contributed by atoms with van der Waals surface area (Å²) < 4.78 is 13.0. The van der Waals surface area contributed by atoms with Crippen LogP contribution < -0.4 is 14.7 Å². The summed E-state index contributed by atoms with van der Waals surface area (Å²) in [6.45, 7) is 0. The molecule has 19 rings (SSSR count). The second-order valence-electron chi connectivity index (χ2n) is 25.9. The number of rotatable bonds is 15. The molecular formula is C96H63N3O2S. The summed E-state index contributed by atoms with van der Waals surface area (Å²) in [4.78, 5) is 9.60. The van der Waals surface area contributed by atoms with Crippen LogP contribution in [0.4, 0.5) is 51.2 Å². The number of hydrogen-bond donors (Lipinski definition) is 0. The van der Waals surface area contributed by atoms with Gasteiger partial charge in [0.1, 0.15) is 22.3 Å². The average molecular weight is 1320 g/mol. The number of thiophene rings is 1. The number of para-hydroxylation sites is 4. The van der Waals surface area contributed by atoms with E-state index in [1.165, 1.54) is 42.4 Å². The fraction of sp³-hybridized carbons (Fsp3) is 0. The summed E-state index contributed by atoms with van der Waals surface area (Å²) in [7, 11) is 0. The number of nitrogens with zero attached hydrogens (tertiary/aromatic N) is 3. The van der Waals surface area contributed by atoms with Gasteiger partial charge in [0.2, 0.25) is 0 Å². The molecule has 3 aromatic heterocycles. The lowest BCUT2D eigenvalue weighted by molar-refractivity contribution is 0.669. The van der Waals surface area contributed by atoms with Gasteiger partial charge in [-0.3, -0.25) is 0 Å². The maximum Gasteiger partial charge on any atom is 0.143 e. The highest BCUT2D eigenvalue weighted by Gasteiger charge is 2.22. The minimum Gasteiger partial charge on any atom is -0.455 e. The van der Waals surface area contributed by atoms with Crippen LogP contribution in [0.2, 0.25) is 0 Å². The second-order valence-corrected chi connectivity index (χ2v) is 27.0. The van der Waals surface area contributed by atoms with Gasteiger partial charge in [0, 0.05) is 93.0 Å². The van der Waals surface area contributed by atoms with E-state index in [0.29, 0.717) is 0 Å². The first-order valence-corrected chi connectivity index (χ1v) is 35.4. The van der Waals surface area contributed by atoms with E-state index in [9.17, 15) is 0 Å². The molecule has 0 N–H and O–H groups in total. The summed E-state index contributed by atoms with van der Waals surface area (Å²) >= 11 is 1.82. The molecule has 0 aliphatic heterocycles. The van der Waals surface area contributed by atoms with Gasteiger partial charge >= 0.3 is 0 Å². The normalized spacial score (nSPS) is 11.5. The molecule has 480 valence electrons. The van der Waals surface area contributed by atoms with Crippen molar-refractivity contribution < 1.29 is 8.83 Å². The molecular weight excluding hydrogens is 1260 g/mol. The lowest BCUT2D eigenvalue weighted by Crippen LogP contribution is -2.10. The minimum absolute atomic E-state index is 0.895. The molecule has 0 aliphatic carbocycles. The monoisotopic (exact) mass is 1320 g/mol. The van der Waals surface area contributed by atoms with E-state index in [-0.39, 0.29) is 0 Å². The second kappa shape index (κ2) is 25.5. The van der Waals surface area contributed by atoms with Crippen molar-refractivity contribution in [2.45, 2.75) is 0 Å². The number of furan rings is 2. The average Bonchev–Trinajstić information content (AvgIpc) is 1.43. The van der Waals surface area contributed by atoms with Gasteiger partial charge in [0.15, 0.2) is 0 Å². The Morgan fingerprint density at radius 1 is 0.186 bits per heavy atom. The molecule has 19 aromatic rings. The third-order valence-corrected chi connectivity index (χ3v) is 21.1. The summed E-state index contributed by atoms with van der Waals surface area (Å²) in [5.41, 5.74) is 24.5. The quantitative estimate of drug-likeness (QED) is 0.102. The van der Waals surface area contributed by atoms with Crippen molar-refractivity contribution in [1.82, 2.24) is 0 Å². The lowest BCUT2D eigenvalue weighted by atomic mass is 10.0. The maximum atomic E-state index is 6.49. The van der Waals surface area contributed by atoms with Crippen LogP contribution in [-0.4, -0.2) is 0 Å². The Kier molecular flexibility index (Phi) is 15.0. The highest BCUT2D eigenvalue weighted by Crippen LogP contribution is 2.47. The first kappa shape index (κ1) is 60.0. The molecule has 0 fully saturated rings. The molecule has 5 nitrogen and oxygen atoms in total. The van der Waals surface area contributed by atoms with Gasteiger partial charge in [0.05, 0.1) is 11.4 Å².